The minimum absolute atomic E-state index is 0.278. The van der Waals surface area contributed by atoms with Crippen molar-refractivity contribution in [2.24, 2.45) is 17.2 Å². The molecule has 10 nitrogen and oxygen atoms in total. The summed E-state index contributed by atoms with van der Waals surface area (Å²) in [5, 5.41) is 31.4. The van der Waals surface area contributed by atoms with Crippen LogP contribution in [0.1, 0.15) is 6.92 Å². The maximum atomic E-state index is 9.65. The summed E-state index contributed by atoms with van der Waals surface area (Å²) in [7, 11) is 0. The highest BCUT2D eigenvalue weighted by Gasteiger charge is 2.07. The molecule has 0 aromatic heterocycles. The summed E-state index contributed by atoms with van der Waals surface area (Å²) in [5.74, 6) is -3.11. The molecule has 0 aliphatic carbocycles. The molecule has 0 aromatic carbocycles. The lowest BCUT2D eigenvalue weighted by atomic mass is 10.3. The number of hydrogen-bond donors (Lipinski definition) is 7. The number of hydrogen-bond acceptors (Lipinski definition) is 7. The Labute approximate surface area is 103 Å². The van der Waals surface area contributed by atoms with Crippen LogP contribution in [0.3, 0.4) is 0 Å². The van der Waals surface area contributed by atoms with Gasteiger partial charge in [-0.15, -0.1) is 0 Å². The Kier molecular flexibility index (Phi) is 15.9. The molecule has 0 aliphatic heterocycles. The fourth-order valence-electron chi connectivity index (χ4n) is 0.0781. The van der Waals surface area contributed by atoms with Gasteiger partial charge in [0.15, 0.2) is 0 Å². The van der Waals surface area contributed by atoms with Crippen LogP contribution in [-0.4, -0.2) is 63.6 Å². The lowest BCUT2D eigenvalue weighted by Gasteiger charge is -1.96. The molecule has 0 bridgehead atoms. The van der Waals surface area contributed by atoms with E-state index in [1.165, 1.54) is 6.92 Å². The molecular formula is C8H19N3O7. The molecule has 0 spiro atoms. The van der Waals surface area contributed by atoms with Crippen molar-refractivity contribution in [3.8, 4) is 0 Å². The van der Waals surface area contributed by atoms with Crippen molar-refractivity contribution in [3.63, 3.8) is 0 Å². The molecule has 108 valence electrons. The van der Waals surface area contributed by atoms with E-state index in [9.17, 15) is 14.4 Å². The molecule has 0 fully saturated rings. The number of rotatable bonds is 4. The van der Waals surface area contributed by atoms with Gasteiger partial charge in [-0.3, -0.25) is 14.4 Å². The Morgan fingerprint density at radius 2 is 1.33 bits per heavy atom. The second kappa shape index (κ2) is 13.3. The van der Waals surface area contributed by atoms with Crippen molar-refractivity contribution in [1.82, 2.24) is 0 Å². The predicted molar refractivity (Wildman–Crippen MR) is 60.7 cm³/mol. The largest absolute Gasteiger partial charge is 0.480 e. The first-order chi connectivity index (χ1) is 8.09. The number of carbonyl (C=O) groups is 3. The van der Waals surface area contributed by atoms with Gasteiger partial charge in [0.1, 0.15) is 12.1 Å². The zero-order valence-corrected chi connectivity index (χ0v) is 9.81. The number of aliphatic hydroxyl groups excluding tert-OH is 1. The summed E-state index contributed by atoms with van der Waals surface area (Å²) in [6, 6.07) is -1.86. The fourth-order valence-corrected chi connectivity index (χ4v) is 0.0781. The van der Waals surface area contributed by atoms with Gasteiger partial charge in [-0.05, 0) is 6.92 Å². The third-order valence-corrected chi connectivity index (χ3v) is 1.08. The quantitative estimate of drug-likeness (QED) is 0.272. The molecule has 0 rings (SSSR count). The Bertz CT molecular complexity index is 257. The van der Waals surface area contributed by atoms with Gasteiger partial charge in [0, 0.05) is 0 Å². The summed E-state index contributed by atoms with van der Waals surface area (Å²) in [6.45, 7) is 0.637. The fraction of sp³-hybridized carbons (Fsp3) is 0.625. The van der Waals surface area contributed by atoms with Crippen molar-refractivity contribution in [2.75, 3.05) is 13.2 Å². The van der Waals surface area contributed by atoms with Crippen LogP contribution >= 0.6 is 0 Å². The van der Waals surface area contributed by atoms with E-state index in [-0.39, 0.29) is 6.54 Å². The molecule has 18 heavy (non-hydrogen) atoms. The van der Waals surface area contributed by atoms with Crippen LogP contribution < -0.4 is 17.2 Å². The van der Waals surface area contributed by atoms with Gasteiger partial charge < -0.3 is 37.6 Å². The van der Waals surface area contributed by atoms with Crippen molar-refractivity contribution in [3.05, 3.63) is 0 Å². The van der Waals surface area contributed by atoms with E-state index in [1.54, 1.807) is 0 Å². The second-order valence-electron chi connectivity index (χ2n) is 2.85. The van der Waals surface area contributed by atoms with Crippen LogP contribution in [0.5, 0.6) is 0 Å². The Hall–Kier alpha value is -1.75. The van der Waals surface area contributed by atoms with Gasteiger partial charge in [0.25, 0.3) is 0 Å². The molecule has 0 aliphatic rings. The van der Waals surface area contributed by atoms with Crippen molar-refractivity contribution >= 4 is 17.9 Å². The first-order valence-electron chi connectivity index (χ1n) is 4.59. The minimum Gasteiger partial charge on any atom is -0.480 e. The number of aliphatic carboxylic acids is 3. The van der Waals surface area contributed by atoms with Crippen molar-refractivity contribution in [2.45, 2.75) is 19.0 Å². The first-order valence-corrected chi connectivity index (χ1v) is 4.59. The number of aliphatic hydroxyl groups is 1. The average Bonchev–Trinajstić information content (AvgIpc) is 2.29. The maximum Gasteiger partial charge on any atom is 0.322 e. The van der Waals surface area contributed by atoms with E-state index < -0.39 is 36.6 Å². The Morgan fingerprint density at radius 3 is 1.33 bits per heavy atom. The predicted octanol–water partition coefficient (Wildman–Crippen LogP) is -3.16. The van der Waals surface area contributed by atoms with E-state index >= 15 is 0 Å². The van der Waals surface area contributed by atoms with E-state index in [2.05, 4.69) is 5.73 Å². The summed E-state index contributed by atoms with van der Waals surface area (Å²) >= 11 is 0. The summed E-state index contributed by atoms with van der Waals surface area (Å²) in [4.78, 5) is 28.5. The van der Waals surface area contributed by atoms with Crippen molar-refractivity contribution < 1.29 is 34.8 Å². The van der Waals surface area contributed by atoms with Crippen LogP contribution in [0.4, 0.5) is 0 Å². The monoisotopic (exact) mass is 269 g/mol. The maximum absolute atomic E-state index is 9.65. The van der Waals surface area contributed by atoms with Gasteiger partial charge in [-0.25, -0.2) is 0 Å². The Balaban J connectivity index is -0.000000190. The van der Waals surface area contributed by atoms with E-state index in [0.29, 0.717) is 0 Å². The molecule has 0 heterocycles. The molecule has 0 amide bonds. The first kappa shape index (κ1) is 21.5. The van der Waals surface area contributed by atoms with Crippen LogP contribution in [0.2, 0.25) is 0 Å². The molecule has 0 unspecified atom stereocenters. The lowest BCUT2D eigenvalue weighted by Crippen LogP contribution is -2.33. The zero-order valence-electron chi connectivity index (χ0n) is 9.81. The van der Waals surface area contributed by atoms with E-state index in [4.69, 9.17) is 31.9 Å². The number of carboxylic acid groups (broad SMARTS) is 3. The number of carboxylic acids is 3. The van der Waals surface area contributed by atoms with Gasteiger partial charge in [0.05, 0.1) is 13.2 Å². The van der Waals surface area contributed by atoms with Crippen LogP contribution in [0, 0.1) is 0 Å². The molecule has 0 aromatic rings. The molecule has 0 saturated carbocycles. The van der Waals surface area contributed by atoms with Gasteiger partial charge in [-0.2, -0.15) is 0 Å². The third-order valence-electron chi connectivity index (χ3n) is 1.08. The molecule has 0 radical (unpaired) electrons. The molecule has 10 N–H and O–H groups in total. The van der Waals surface area contributed by atoms with E-state index in [1.807, 2.05) is 0 Å². The number of nitrogens with two attached hydrogens (primary N) is 3. The lowest BCUT2D eigenvalue weighted by molar-refractivity contribution is -0.139. The van der Waals surface area contributed by atoms with E-state index in [0.717, 1.165) is 0 Å². The van der Waals surface area contributed by atoms with Crippen LogP contribution in [-0.2, 0) is 14.4 Å². The standard InChI is InChI=1S/C3H7NO3.C3H7NO2.C2H5NO2/c4-2(1-5)3(6)7;1-2(4)3(5)6;3-1-2(4)5/h2,5H,1,4H2,(H,6,7);2H,4H2,1H3,(H,5,6);1,3H2,(H,4,5)/t2*2-;/m00./s1. The highest BCUT2D eigenvalue weighted by atomic mass is 16.4. The highest BCUT2D eigenvalue weighted by molar-refractivity contribution is 5.73. The third kappa shape index (κ3) is 23.8. The summed E-state index contributed by atoms with van der Waals surface area (Å²) < 4.78 is 0. The average molecular weight is 269 g/mol. The van der Waals surface area contributed by atoms with Gasteiger partial charge in [-0.1, -0.05) is 0 Å². The summed E-state index contributed by atoms with van der Waals surface area (Å²) in [5.41, 5.74) is 14.2. The minimum atomic E-state index is -1.18. The van der Waals surface area contributed by atoms with Gasteiger partial charge >= 0.3 is 17.9 Å². The zero-order chi connectivity index (χ0) is 15.3. The summed E-state index contributed by atoms with van der Waals surface area (Å²) in [6.07, 6.45) is 0. The smallest absolute Gasteiger partial charge is 0.322 e. The van der Waals surface area contributed by atoms with Crippen molar-refractivity contribution in [1.29, 1.82) is 0 Å². The Morgan fingerprint density at radius 1 is 1.06 bits per heavy atom. The highest BCUT2D eigenvalue weighted by Crippen LogP contribution is 1.71. The van der Waals surface area contributed by atoms with Crippen LogP contribution in [0.25, 0.3) is 0 Å². The molecule has 10 heteroatoms. The molecule has 0 saturated heterocycles. The molecule has 2 atom stereocenters. The normalized spacial score (nSPS) is 11.8. The topological polar surface area (TPSA) is 210 Å². The van der Waals surface area contributed by atoms with Crippen LogP contribution in [0.15, 0.2) is 0 Å². The second-order valence-corrected chi connectivity index (χ2v) is 2.85. The van der Waals surface area contributed by atoms with Gasteiger partial charge in [0.2, 0.25) is 0 Å². The molecular weight excluding hydrogens is 250 g/mol. The SMILES string of the molecule is C[C@H](N)C(=O)O.NCC(=O)O.N[C@@H](CO)C(=O)O.